The molecule has 0 unspecified atom stereocenters. The van der Waals surface area contributed by atoms with Gasteiger partial charge in [0.05, 0.1) is 18.3 Å². The predicted molar refractivity (Wildman–Crippen MR) is 81.7 cm³/mol. The van der Waals surface area contributed by atoms with Crippen LogP contribution in [0.2, 0.25) is 0 Å². The van der Waals surface area contributed by atoms with Crippen molar-refractivity contribution < 1.29 is 17.9 Å². The molecular weight excluding hydrogens is 289 g/mol. The summed E-state index contributed by atoms with van der Waals surface area (Å²) in [7, 11) is 0. The molecule has 0 aromatic heterocycles. The van der Waals surface area contributed by atoms with Crippen LogP contribution < -0.4 is 0 Å². The summed E-state index contributed by atoms with van der Waals surface area (Å²) in [5, 5.41) is 0. The number of hydrogen-bond donors (Lipinski definition) is 0. The van der Waals surface area contributed by atoms with Gasteiger partial charge in [-0.15, -0.1) is 0 Å². The van der Waals surface area contributed by atoms with Crippen molar-refractivity contribution in [3.05, 3.63) is 59.7 Å². The Kier molecular flexibility index (Phi) is 5.24. The number of halogens is 3. The summed E-state index contributed by atoms with van der Waals surface area (Å²) in [5.41, 5.74) is 1.83. The Morgan fingerprint density at radius 3 is 2.23 bits per heavy atom. The van der Waals surface area contributed by atoms with Crippen molar-refractivity contribution in [2.24, 2.45) is 0 Å². The van der Waals surface area contributed by atoms with E-state index < -0.39 is 11.7 Å². The minimum Gasteiger partial charge on any atom is -0.378 e. The number of ether oxygens (including phenoxy) is 1. The zero-order valence-electron chi connectivity index (χ0n) is 12.7. The van der Waals surface area contributed by atoms with Crippen molar-refractivity contribution in [3.8, 4) is 11.1 Å². The summed E-state index contributed by atoms with van der Waals surface area (Å²) in [4.78, 5) is 0. The third-order valence-electron chi connectivity index (χ3n) is 3.32. The molecule has 0 spiro atoms. The van der Waals surface area contributed by atoms with E-state index in [9.17, 15) is 13.2 Å². The highest BCUT2D eigenvalue weighted by atomic mass is 19.4. The van der Waals surface area contributed by atoms with Crippen molar-refractivity contribution in [2.45, 2.75) is 32.5 Å². The predicted octanol–water partition coefficient (Wildman–Crippen LogP) is 5.34. The maximum absolute atomic E-state index is 12.7. The first-order valence-corrected chi connectivity index (χ1v) is 7.24. The van der Waals surface area contributed by atoms with Gasteiger partial charge in [0, 0.05) is 0 Å². The molecule has 0 atom stereocenters. The summed E-state index contributed by atoms with van der Waals surface area (Å²) >= 11 is 0. The molecule has 0 saturated carbocycles. The second kappa shape index (κ2) is 6.97. The van der Waals surface area contributed by atoms with Gasteiger partial charge in [-0.3, -0.25) is 0 Å². The molecule has 2 rings (SSSR count). The molecule has 118 valence electrons. The van der Waals surface area contributed by atoms with Crippen LogP contribution in [0.25, 0.3) is 11.1 Å². The minimum atomic E-state index is -4.32. The lowest BCUT2D eigenvalue weighted by molar-refractivity contribution is -0.137. The number of hydrogen-bond acceptors (Lipinski definition) is 1. The molecule has 0 aliphatic heterocycles. The van der Waals surface area contributed by atoms with Crippen LogP contribution in [0.3, 0.4) is 0 Å². The molecule has 22 heavy (non-hydrogen) atoms. The largest absolute Gasteiger partial charge is 0.416 e. The van der Waals surface area contributed by atoms with Gasteiger partial charge in [-0.2, -0.15) is 13.2 Å². The van der Waals surface area contributed by atoms with Crippen LogP contribution in [0.1, 0.15) is 25.0 Å². The van der Waals surface area contributed by atoms with Gasteiger partial charge in [-0.1, -0.05) is 36.4 Å². The van der Waals surface area contributed by atoms with Gasteiger partial charge in [0.15, 0.2) is 0 Å². The quantitative estimate of drug-likeness (QED) is 0.724. The Morgan fingerprint density at radius 1 is 0.955 bits per heavy atom. The Balaban J connectivity index is 2.10. The third kappa shape index (κ3) is 4.60. The number of benzene rings is 2. The van der Waals surface area contributed by atoms with E-state index >= 15 is 0 Å². The standard InChI is InChI=1S/C18H19F3O/c1-13(2)22-11-10-14-6-8-15(9-7-14)16-4-3-5-17(12-16)18(19,20)21/h3-9,12-13H,10-11H2,1-2H3. The van der Waals surface area contributed by atoms with Gasteiger partial charge in [0.1, 0.15) is 0 Å². The molecule has 1 nitrogen and oxygen atoms in total. The second-order valence-electron chi connectivity index (χ2n) is 5.45. The zero-order valence-corrected chi connectivity index (χ0v) is 12.7. The molecule has 0 N–H and O–H groups in total. The molecule has 0 heterocycles. The van der Waals surface area contributed by atoms with Crippen LogP contribution in [-0.2, 0) is 17.3 Å². The van der Waals surface area contributed by atoms with Crippen LogP contribution in [0.4, 0.5) is 13.2 Å². The lowest BCUT2D eigenvalue weighted by Gasteiger charge is -2.10. The van der Waals surface area contributed by atoms with E-state index in [2.05, 4.69) is 0 Å². The Labute approximate surface area is 128 Å². The van der Waals surface area contributed by atoms with Gasteiger partial charge in [0.25, 0.3) is 0 Å². The fourth-order valence-corrected chi connectivity index (χ4v) is 2.15. The number of rotatable bonds is 5. The van der Waals surface area contributed by atoms with E-state index in [-0.39, 0.29) is 6.10 Å². The molecule has 0 bridgehead atoms. The van der Waals surface area contributed by atoms with E-state index in [1.165, 1.54) is 12.1 Å². The molecule has 0 aliphatic carbocycles. The lowest BCUT2D eigenvalue weighted by atomic mass is 10.0. The topological polar surface area (TPSA) is 9.23 Å². The van der Waals surface area contributed by atoms with Crippen LogP contribution in [0, 0.1) is 0 Å². The Hall–Kier alpha value is -1.81. The minimum absolute atomic E-state index is 0.199. The normalized spacial score (nSPS) is 11.9. The molecular formula is C18H19F3O. The fraction of sp³-hybridized carbons (Fsp3) is 0.333. The van der Waals surface area contributed by atoms with E-state index in [1.54, 1.807) is 6.07 Å². The zero-order chi connectivity index (χ0) is 16.2. The van der Waals surface area contributed by atoms with Gasteiger partial charge in [-0.25, -0.2) is 0 Å². The van der Waals surface area contributed by atoms with Crippen LogP contribution in [0.5, 0.6) is 0 Å². The van der Waals surface area contributed by atoms with Crippen molar-refractivity contribution in [3.63, 3.8) is 0 Å². The van der Waals surface area contributed by atoms with E-state index in [0.29, 0.717) is 12.2 Å². The monoisotopic (exact) mass is 308 g/mol. The average Bonchev–Trinajstić information content (AvgIpc) is 2.47. The van der Waals surface area contributed by atoms with Crippen LogP contribution in [0.15, 0.2) is 48.5 Å². The molecule has 0 amide bonds. The summed E-state index contributed by atoms with van der Waals surface area (Å²) < 4.78 is 43.7. The first-order valence-electron chi connectivity index (χ1n) is 7.24. The lowest BCUT2D eigenvalue weighted by Crippen LogP contribution is -2.06. The van der Waals surface area contributed by atoms with Gasteiger partial charge < -0.3 is 4.74 Å². The van der Waals surface area contributed by atoms with Gasteiger partial charge in [0.2, 0.25) is 0 Å². The highest BCUT2D eigenvalue weighted by molar-refractivity contribution is 5.64. The van der Waals surface area contributed by atoms with Crippen LogP contribution >= 0.6 is 0 Å². The Bertz CT molecular complexity index is 600. The van der Waals surface area contributed by atoms with Crippen molar-refractivity contribution in [1.82, 2.24) is 0 Å². The van der Waals surface area contributed by atoms with Gasteiger partial charge in [-0.05, 0) is 49.1 Å². The summed E-state index contributed by atoms with van der Waals surface area (Å²) in [5.74, 6) is 0. The first-order chi connectivity index (χ1) is 10.4. The summed E-state index contributed by atoms with van der Waals surface area (Å²) in [6.45, 7) is 4.61. The maximum Gasteiger partial charge on any atom is 0.416 e. The average molecular weight is 308 g/mol. The molecule has 0 fully saturated rings. The smallest absolute Gasteiger partial charge is 0.378 e. The van der Waals surface area contributed by atoms with Crippen molar-refractivity contribution in [2.75, 3.05) is 6.61 Å². The highest BCUT2D eigenvalue weighted by Crippen LogP contribution is 2.32. The fourth-order valence-electron chi connectivity index (χ4n) is 2.15. The molecule has 0 radical (unpaired) electrons. The maximum atomic E-state index is 12.7. The second-order valence-corrected chi connectivity index (χ2v) is 5.45. The molecule has 2 aromatic rings. The Morgan fingerprint density at radius 2 is 1.64 bits per heavy atom. The van der Waals surface area contributed by atoms with E-state index in [4.69, 9.17) is 4.74 Å². The summed E-state index contributed by atoms with van der Waals surface area (Å²) in [6.07, 6.45) is -3.32. The molecule has 0 aliphatic rings. The first kappa shape index (κ1) is 16.6. The SMILES string of the molecule is CC(C)OCCc1ccc(-c2cccc(C(F)(F)F)c2)cc1. The molecule has 4 heteroatoms. The van der Waals surface area contributed by atoms with E-state index in [1.807, 2.05) is 38.1 Å². The third-order valence-corrected chi connectivity index (χ3v) is 3.32. The highest BCUT2D eigenvalue weighted by Gasteiger charge is 2.30. The summed E-state index contributed by atoms with van der Waals surface area (Å²) in [6, 6.07) is 12.9. The van der Waals surface area contributed by atoms with Gasteiger partial charge >= 0.3 is 6.18 Å². The molecule has 2 aromatic carbocycles. The van der Waals surface area contributed by atoms with Crippen molar-refractivity contribution >= 4 is 0 Å². The molecule has 0 saturated heterocycles. The number of alkyl halides is 3. The van der Waals surface area contributed by atoms with E-state index in [0.717, 1.165) is 23.6 Å². The van der Waals surface area contributed by atoms with Crippen LogP contribution in [-0.4, -0.2) is 12.7 Å². The van der Waals surface area contributed by atoms with Crippen molar-refractivity contribution in [1.29, 1.82) is 0 Å².